The van der Waals surface area contributed by atoms with Crippen molar-refractivity contribution >= 4 is 17.2 Å². The summed E-state index contributed by atoms with van der Waals surface area (Å²) in [5, 5.41) is 9.19. The van der Waals surface area contributed by atoms with E-state index in [2.05, 4.69) is 21.8 Å². The van der Waals surface area contributed by atoms with Crippen molar-refractivity contribution in [1.82, 2.24) is 15.3 Å². The Balaban J connectivity index is 1.95. The van der Waals surface area contributed by atoms with Crippen molar-refractivity contribution in [2.75, 3.05) is 27.2 Å². The van der Waals surface area contributed by atoms with Crippen LogP contribution in [-0.4, -0.2) is 49.2 Å². The number of nitrogens with zero attached hydrogens (tertiary/aromatic N) is 2. The van der Waals surface area contributed by atoms with Gasteiger partial charge in [0.15, 0.2) is 0 Å². The van der Waals surface area contributed by atoms with Gasteiger partial charge in [0.1, 0.15) is 0 Å². The van der Waals surface area contributed by atoms with Crippen LogP contribution in [0.3, 0.4) is 0 Å². The van der Waals surface area contributed by atoms with Gasteiger partial charge in [0.05, 0.1) is 6.04 Å². The minimum Gasteiger partial charge on any atom is -0.309 e. The number of hydrogen-bond acceptors (Lipinski definition) is 4. The highest BCUT2D eigenvalue weighted by molar-refractivity contribution is 7.09. The van der Waals surface area contributed by atoms with E-state index >= 15 is 0 Å². The van der Waals surface area contributed by atoms with Crippen molar-refractivity contribution in [2.45, 2.75) is 31.7 Å². The molecule has 0 radical (unpaired) electrons. The summed E-state index contributed by atoms with van der Waals surface area (Å²) < 4.78 is 0. The van der Waals surface area contributed by atoms with Crippen molar-refractivity contribution < 1.29 is 4.79 Å². The molecule has 0 aromatic carbocycles. The summed E-state index contributed by atoms with van der Waals surface area (Å²) in [6.07, 6.45) is 4.42. The van der Waals surface area contributed by atoms with Gasteiger partial charge < -0.3 is 5.32 Å². The Morgan fingerprint density at radius 2 is 2.21 bits per heavy atom. The molecular formula is C14H23N3OS. The van der Waals surface area contributed by atoms with Crippen LogP contribution in [0.15, 0.2) is 17.5 Å². The number of rotatable bonds is 5. The Labute approximate surface area is 119 Å². The molecular weight excluding hydrogens is 258 g/mol. The number of piperidine rings is 1. The maximum atomic E-state index is 12.5. The summed E-state index contributed by atoms with van der Waals surface area (Å²) in [6, 6.07) is 3.99. The summed E-state index contributed by atoms with van der Waals surface area (Å²) in [5.41, 5.74) is 0. The third kappa shape index (κ3) is 3.78. The van der Waals surface area contributed by atoms with Crippen molar-refractivity contribution in [3.8, 4) is 0 Å². The lowest BCUT2D eigenvalue weighted by Crippen LogP contribution is -2.53. The standard InChI is InChI=1S/C14H23N3OS/c1-15-13(11-12-7-6-10-19-12)14(18)16(2)17-8-4-3-5-9-17/h6-7,10,13,15H,3-5,8-9,11H2,1-2H3/t13-/m1/s1. The fourth-order valence-electron chi connectivity index (χ4n) is 2.48. The monoisotopic (exact) mass is 281 g/mol. The van der Waals surface area contributed by atoms with Gasteiger partial charge in [-0.1, -0.05) is 12.5 Å². The van der Waals surface area contributed by atoms with Gasteiger partial charge in [-0.2, -0.15) is 0 Å². The Morgan fingerprint density at radius 1 is 1.47 bits per heavy atom. The maximum absolute atomic E-state index is 12.5. The molecule has 0 saturated carbocycles. The molecule has 0 unspecified atom stereocenters. The van der Waals surface area contributed by atoms with E-state index in [1.54, 1.807) is 11.3 Å². The van der Waals surface area contributed by atoms with Gasteiger partial charge in [0, 0.05) is 31.4 Å². The SMILES string of the molecule is CN[C@H](Cc1cccs1)C(=O)N(C)N1CCCCC1. The van der Waals surface area contributed by atoms with Crippen LogP contribution in [0.2, 0.25) is 0 Å². The molecule has 1 fully saturated rings. The number of hydrazine groups is 1. The fourth-order valence-corrected chi connectivity index (χ4v) is 3.24. The second kappa shape index (κ2) is 7.03. The van der Waals surface area contributed by atoms with Gasteiger partial charge in [0.25, 0.3) is 5.91 Å². The number of carbonyl (C=O) groups excluding carboxylic acids is 1. The molecule has 1 aliphatic heterocycles. The Hall–Kier alpha value is -0.910. The first-order valence-corrected chi connectivity index (χ1v) is 7.82. The number of nitrogens with one attached hydrogen (secondary N) is 1. The van der Waals surface area contributed by atoms with E-state index < -0.39 is 0 Å². The molecule has 19 heavy (non-hydrogen) atoms. The molecule has 5 heteroatoms. The average Bonchev–Trinajstić information content (AvgIpc) is 2.97. The molecule has 1 aromatic heterocycles. The summed E-state index contributed by atoms with van der Waals surface area (Å²) in [4.78, 5) is 13.8. The second-order valence-corrected chi connectivity index (χ2v) is 6.03. The number of likely N-dealkylation sites (N-methyl/N-ethyl adjacent to an activating group) is 2. The first-order valence-electron chi connectivity index (χ1n) is 6.94. The predicted molar refractivity (Wildman–Crippen MR) is 79.1 cm³/mol. The lowest BCUT2D eigenvalue weighted by Gasteiger charge is -2.36. The first-order chi connectivity index (χ1) is 9.22. The molecule has 0 aliphatic carbocycles. The van der Waals surface area contributed by atoms with Crippen LogP contribution in [0, 0.1) is 0 Å². The Morgan fingerprint density at radius 3 is 2.79 bits per heavy atom. The van der Waals surface area contributed by atoms with Gasteiger partial charge in [-0.05, 0) is 31.3 Å². The topological polar surface area (TPSA) is 35.6 Å². The largest absolute Gasteiger partial charge is 0.309 e. The molecule has 1 amide bonds. The van der Waals surface area contributed by atoms with Crippen LogP contribution < -0.4 is 5.32 Å². The molecule has 2 heterocycles. The van der Waals surface area contributed by atoms with Gasteiger partial charge >= 0.3 is 0 Å². The van der Waals surface area contributed by atoms with Crippen LogP contribution in [-0.2, 0) is 11.2 Å². The minimum atomic E-state index is -0.134. The second-order valence-electron chi connectivity index (χ2n) is 5.00. The summed E-state index contributed by atoms with van der Waals surface area (Å²) in [6.45, 7) is 2.00. The Bertz CT molecular complexity index is 387. The third-order valence-corrected chi connectivity index (χ3v) is 4.61. The smallest absolute Gasteiger partial charge is 0.254 e. The zero-order chi connectivity index (χ0) is 13.7. The molecule has 0 bridgehead atoms. The first kappa shape index (κ1) is 14.5. The van der Waals surface area contributed by atoms with Crippen molar-refractivity contribution in [3.63, 3.8) is 0 Å². The summed E-state index contributed by atoms with van der Waals surface area (Å²) in [5.74, 6) is 0.165. The lowest BCUT2D eigenvalue weighted by molar-refractivity contribution is -0.149. The molecule has 1 N–H and O–H groups in total. The number of hydrogen-bond donors (Lipinski definition) is 1. The molecule has 2 rings (SSSR count). The zero-order valence-electron chi connectivity index (χ0n) is 11.8. The summed E-state index contributed by atoms with van der Waals surface area (Å²) in [7, 11) is 3.76. The molecule has 106 valence electrons. The van der Waals surface area contributed by atoms with Crippen LogP contribution in [0.1, 0.15) is 24.1 Å². The minimum absolute atomic E-state index is 0.134. The highest BCUT2D eigenvalue weighted by Gasteiger charge is 2.25. The molecule has 0 spiro atoms. The highest BCUT2D eigenvalue weighted by atomic mass is 32.1. The molecule has 1 saturated heterocycles. The van der Waals surface area contributed by atoms with Crippen LogP contribution >= 0.6 is 11.3 Å². The molecule has 1 atom stereocenters. The number of amides is 1. The maximum Gasteiger partial charge on any atom is 0.254 e. The normalized spacial score (nSPS) is 18.2. The van der Waals surface area contributed by atoms with E-state index in [-0.39, 0.29) is 11.9 Å². The van der Waals surface area contributed by atoms with Crippen molar-refractivity contribution in [2.24, 2.45) is 0 Å². The van der Waals surface area contributed by atoms with Gasteiger partial charge in [-0.15, -0.1) is 11.3 Å². The Kier molecular flexibility index (Phi) is 5.36. The van der Waals surface area contributed by atoms with Crippen LogP contribution in [0.5, 0.6) is 0 Å². The lowest BCUT2D eigenvalue weighted by atomic mass is 10.1. The van der Waals surface area contributed by atoms with E-state index in [0.717, 1.165) is 19.5 Å². The predicted octanol–water partition coefficient (Wildman–Crippen LogP) is 1.74. The summed E-state index contributed by atoms with van der Waals surface area (Å²) >= 11 is 1.71. The van der Waals surface area contributed by atoms with Crippen LogP contribution in [0.4, 0.5) is 0 Å². The van der Waals surface area contributed by atoms with E-state index in [9.17, 15) is 4.79 Å². The van der Waals surface area contributed by atoms with Gasteiger partial charge in [-0.25, -0.2) is 5.01 Å². The molecule has 1 aromatic rings. The van der Waals surface area contributed by atoms with Crippen molar-refractivity contribution in [1.29, 1.82) is 0 Å². The molecule has 4 nitrogen and oxygen atoms in total. The average molecular weight is 281 g/mol. The van der Waals surface area contributed by atoms with E-state index in [1.165, 1.54) is 24.1 Å². The fraction of sp³-hybridized carbons (Fsp3) is 0.643. The quantitative estimate of drug-likeness (QED) is 0.893. The highest BCUT2D eigenvalue weighted by Crippen LogP contribution is 2.15. The van der Waals surface area contributed by atoms with Gasteiger partial charge in [0.2, 0.25) is 0 Å². The zero-order valence-corrected chi connectivity index (χ0v) is 12.6. The van der Waals surface area contributed by atoms with E-state index in [0.29, 0.717) is 0 Å². The van der Waals surface area contributed by atoms with Crippen molar-refractivity contribution in [3.05, 3.63) is 22.4 Å². The number of carbonyl (C=O) groups is 1. The van der Waals surface area contributed by atoms with E-state index in [4.69, 9.17) is 0 Å². The number of thiophene rings is 1. The molecule has 1 aliphatic rings. The van der Waals surface area contributed by atoms with Gasteiger partial charge in [-0.3, -0.25) is 9.80 Å². The van der Waals surface area contributed by atoms with Crippen LogP contribution in [0.25, 0.3) is 0 Å². The third-order valence-electron chi connectivity index (χ3n) is 3.71. The van der Waals surface area contributed by atoms with E-state index in [1.807, 2.05) is 25.2 Å².